The third kappa shape index (κ3) is 2.28. The quantitative estimate of drug-likeness (QED) is 0.630. The standard InChI is InChI=1S/C18H15N5O/c1-2-23-11-20-15-7-6-12(9-13(15)18(23)24)14-10-21-22-17(14)16-5-3-4-8-19-16/h3-11H,2H2,1H3,(H,21,22). The van der Waals surface area contributed by atoms with Gasteiger partial charge in [0.1, 0.15) is 0 Å². The molecule has 0 unspecified atom stereocenters. The van der Waals surface area contributed by atoms with Crippen LogP contribution in [0, 0.1) is 0 Å². The zero-order chi connectivity index (χ0) is 16.5. The smallest absolute Gasteiger partial charge is 0.261 e. The van der Waals surface area contributed by atoms with Crippen molar-refractivity contribution in [3.63, 3.8) is 0 Å². The van der Waals surface area contributed by atoms with E-state index >= 15 is 0 Å². The average molecular weight is 317 g/mol. The van der Waals surface area contributed by atoms with Crippen LogP contribution in [0.25, 0.3) is 33.4 Å². The van der Waals surface area contributed by atoms with Gasteiger partial charge in [0, 0.05) is 18.3 Å². The molecule has 6 heteroatoms. The van der Waals surface area contributed by atoms with Crippen molar-refractivity contribution < 1.29 is 0 Å². The van der Waals surface area contributed by atoms with E-state index in [0.717, 1.165) is 22.5 Å². The Balaban J connectivity index is 1.91. The summed E-state index contributed by atoms with van der Waals surface area (Å²) in [6.07, 6.45) is 5.07. The van der Waals surface area contributed by atoms with Gasteiger partial charge < -0.3 is 0 Å². The van der Waals surface area contributed by atoms with Gasteiger partial charge in [-0.1, -0.05) is 12.1 Å². The highest BCUT2D eigenvalue weighted by Crippen LogP contribution is 2.29. The fourth-order valence-corrected chi connectivity index (χ4v) is 2.76. The monoisotopic (exact) mass is 317 g/mol. The Morgan fingerprint density at radius 2 is 2.08 bits per heavy atom. The lowest BCUT2D eigenvalue weighted by molar-refractivity contribution is 0.717. The maximum absolute atomic E-state index is 12.5. The second-order valence-corrected chi connectivity index (χ2v) is 5.44. The van der Waals surface area contributed by atoms with Gasteiger partial charge in [-0.2, -0.15) is 5.10 Å². The first-order valence-electron chi connectivity index (χ1n) is 7.72. The molecular formula is C18H15N5O. The molecule has 0 aliphatic carbocycles. The molecule has 0 aliphatic heterocycles. The van der Waals surface area contributed by atoms with E-state index in [1.165, 1.54) is 0 Å². The molecule has 0 amide bonds. The number of nitrogens with one attached hydrogen (secondary N) is 1. The fourth-order valence-electron chi connectivity index (χ4n) is 2.76. The first-order valence-corrected chi connectivity index (χ1v) is 7.72. The Hall–Kier alpha value is -3.28. The van der Waals surface area contributed by atoms with Crippen LogP contribution in [-0.2, 0) is 6.54 Å². The van der Waals surface area contributed by atoms with Crippen molar-refractivity contribution in [1.29, 1.82) is 0 Å². The minimum atomic E-state index is -0.0350. The number of hydrogen-bond donors (Lipinski definition) is 1. The SMILES string of the molecule is CCn1cnc2ccc(-c3cn[nH]c3-c3ccccn3)cc2c1=O. The molecule has 24 heavy (non-hydrogen) atoms. The molecule has 0 aliphatic rings. The molecule has 4 rings (SSSR count). The number of rotatable bonds is 3. The van der Waals surface area contributed by atoms with Gasteiger partial charge in [-0.3, -0.25) is 19.4 Å². The molecule has 6 nitrogen and oxygen atoms in total. The first kappa shape index (κ1) is 14.3. The van der Waals surface area contributed by atoms with Gasteiger partial charge in [0.05, 0.1) is 34.8 Å². The van der Waals surface area contributed by atoms with Gasteiger partial charge in [-0.25, -0.2) is 4.98 Å². The summed E-state index contributed by atoms with van der Waals surface area (Å²) in [5, 5.41) is 7.74. The maximum atomic E-state index is 12.5. The van der Waals surface area contributed by atoms with E-state index < -0.39 is 0 Å². The highest BCUT2D eigenvalue weighted by Gasteiger charge is 2.12. The summed E-state index contributed by atoms with van der Waals surface area (Å²) < 4.78 is 1.60. The van der Waals surface area contributed by atoms with Crippen molar-refractivity contribution in [1.82, 2.24) is 24.7 Å². The van der Waals surface area contributed by atoms with Crippen LogP contribution in [0.5, 0.6) is 0 Å². The molecule has 118 valence electrons. The number of pyridine rings is 1. The molecule has 0 fully saturated rings. The zero-order valence-electron chi connectivity index (χ0n) is 13.1. The highest BCUT2D eigenvalue weighted by atomic mass is 16.1. The molecular weight excluding hydrogens is 302 g/mol. The number of aromatic nitrogens is 5. The zero-order valence-corrected chi connectivity index (χ0v) is 13.1. The summed E-state index contributed by atoms with van der Waals surface area (Å²) in [5.41, 5.74) is 4.10. The Morgan fingerprint density at radius 1 is 1.17 bits per heavy atom. The van der Waals surface area contributed by atoms with Crippen LogP contribution in [0.15, 0.2) is 59.9 Å². The molecule has 1 aromatic carbocycles. The van der Waals surface area contributed by atoms with Gasteiger partial charge in [0.15, 0.2) is 0 Å². The second kappa shape index (κ2) is 5.73. The van der Waals surface area contributed by atoms with Gasteiger partial charge in [0.2, 0.25) is 0 Å². The Morgan fingerprint density at radius 3 is 2.88 bits per heavy atom. The predicted molar refractivity (Wildman–Crippen MR) is 92.5 cm³/mol. The number of aryl methyl sites for hydroxylation is 1. The molecule has 1 N–H and O–H groups in total. The van der Waals surface area contributed by atoms with Crippen molar-refractivity contribution in [2.75, 3.05) is 0 Å². The van der Waals surface area contributed by atoms with E-state index in [4.69, 9.17) is 0 Å². The fraction of sp³-hybridized carbons (Fsp3) is 0.111. The van der Waals surface area contributed by atoms with Gasteiger partial charge in [-0.15, -0.1) is 0 Å². The molecule has 0 saturated carbocycles. The molecule has 3 aromatic heterocycles. The van der Waals surface area contributed by atoms with Crippen LogP contribution in [0.2, 0.25) is 0 Å². The maximum Gasteiger partial charge on any atom is 0.261 e. The molecule has 0 bridgehead atoms. The van der Waals surface area contributed by atoms with E-state index in [1.807, 2.05) is 43.3 Å². The highest BCUT2D eigenvalue weighted by molar-refractivity contribution is 5.87. The van der Waals surface area contributed by atoms with Gasteiger partial charge >= 0.3 is 0 Å². The number of aromatic amines is 1. The van der Waals surface area contributed by atoms with Crippen molar-refractivity contribution >= 4 is 10.9 Å². The first-order chi connectivity index (χ1) is 11.8. The molecule has 0 saturated heterocycles. The van der Waals surface area contributed by atoms with E-state index in [2.05, 4.69) is 20.2 Å². The Kier molecular flexibility index (Phi) is 3.42. The largest absolute Gasteiger partial charge is 0.299 e. The number of fused-ring (bicyclic) bond motifs is 1. The van der Waals surface area contributed by atoms with Crippen LogP contribution in [0.4, 0.5) is 0 Å². The normalized spacial score (nSPS) is 11.0. The molecule has 0 radical (unpaired) electrons. The molecule has 3 heterocycles. The summed E-state index contributed by atoms with van der Waals surface area (Å²) >= 11 is 0. The molecule has 4 aromatic rings. The Bertz CT molecular complexity index is 1070. The summed E-state index contributed by atoms with van der Waals surface area (Å²) in [5.74, 6) is 0. The van der Waals surface area contributed by atoms with E-state index in [0.29, 0.717) is 17.4 Å². The topological polar surface area (TPSA) is 76.5 Å². The minimum absolute atomic E-state index is 0.0350. The number of H-pyrrole nitrogens is 1. The van der Waals surface area contributed by atoms with Gasteiger partial charge in [-0.05, 0) is 36.8 Å². The predicted octanol–water partition coefficient (Wildman–Crippen LogP) is 2.87. The summed E-state index contributed by atoms with van der Waals surface area (Å²) in [6.45, 7) is 2.52. The van der Waals surface area contributed by atoms with Gasteiger partial charge in [0.25, 0.3) is 5.56 Å². The summed E-state index contributed by atoms with van der Waals surface area (Å²) in [4.78, 5) is 21.2. The second-order valence-electron chi connectivity index (χ2n) is 5.44. The van der Waals surface area contributed by atoms with Crippen LogP contribution < -0.4 is 5.56 Å². The minimum Gasteiger partial charge on any atom is -0.299 e. The van der Waals surface area contributed by atoms with E-state index in [1.54, 1.807) is 23.3 Å². The summed E-state index contributed by atoms with van der Waals surface area (Å²) in [6, 6.07) is 11.4. The van der Waals surface area contributed by atoms with Crippen molar-refractivity contribution in [2.24, 2.45) is 0 Å². The van der Waals surface area contributed by atoms with Crippen LogP contribution >= 0.6 is 0 Å². The third-order valence-corrected chi connectivity index (χ3v) is 4.04. The number of nitrogens with zero attached hydrogens (tertiary/aromatic N) is 4. The lowest BCUT2D eigenvalue weighted by atomic mass is 10.0. The van der Waals surface area contributed by atoms with Crippen molar-refractivity contribution in [3.05, 3.63) is 65.5 Å². The lowest BCUT2D eigenvalue weighted by Gasteiger charge is -2.06. The number of hydrogen-bond acceptors (Lipinski definition) is 4. The lowest BCUT2D eigenvalue weighted by Crippen LogP contribution is -2.19. The Labute approximate surface area is 137 Å². The molecule has 0 atom stereocenters. The third-order valence-electron chi connectivity index (χ3n) is 4.04. The summed E-state index contributed by atoms with van der Waals surface area (Å²) in [7, 11) is 0. The van der Waals surface area contributed by atoms with Crippen molar-refractivity contribution in [2.45, 2.75) is 13.5 Å². The number of benzene rings is 1. The average Bonchev–Trinajstić information content (AvgIpc) is 3.12. The molecule has 0 spiro atoms. The van der Waals surface area contributed by atoms with E-state index in [9.17, 15) is 4.79 Å². The van der Waals surface area contributed by atoms with Crippen molar-refractivity contribution in [3.8, 4) is 22.5 Å². The van der Waals surface area contributed by atoms with Crippen LogP contribution in [0.3, 0.4) is 0 Å². The van der Waals surface area contributed by atoms with Crippen LogP contribution in [-0.4, -0.2) is 24.7 Å². The van der Waals surface area contributed by atoms with Crippen LogP contribution in [0.1, 0.15) is 6.92 Å². The van der Waals surface area contributed by atoms with E-state index in [-0.39, 0.29) is 5.56 Å².